The van der Waals surface area contributed by atoms with Crippen molar-refractivity contribution in [3.8, 4) is 11.8 Å². The molecule has 23 heavy (non-hydrogen) atoms. The van der Waals surface area contributed by atoms with E-state index in [1.165, 1.54) is 6.08 Å². The molecule has 0 heterocycles. The fourth-order valence-corrected chi connectivity index (χ4v) is 2.71. The molecule has 5 nitrogen and oxygen atoms in total. The smallest absolute Gasteiger partial charge is 0.244 e. The van der Waals surface area contributed by atoms with Crippen LogP contribution in [-0.2, 0) is 4.79 Å². The van der Waals surface area contributed by atoms with Crippen molar-refractivity contribution in [1.29, 1.82) is 5.26 Å². The van der Waals surface area contributed by atoms with Gasteiger partial charge in [-0.3, -0.25) is 4.79 Å². The lowest BCUT2D eigenvalue weighted by atomic mass is 9.87. The largest absolute Gasteiger partial charge is 0.479 e. The highest BCUT2D eigenvalue weighted by Gasteiger charge is 2.19. The number of amides is 1. The van der Waals surface area contributed by atoms with E-state index < -0.39 is 0 Å². The van der Waals surface area contributed by atoms with Crippen molar-refractivity contribution in [2.45, 2.75) is 31.8 Å². The maximum atomic E-state index is 11.8. The number of ether oxygens (including phenoxy) is 1. The number of nitrogens with one attached hydrogen (secondary N) is 1. The van der Waals surface area contributed by atoms with Crippen molar-refractivity contribution in [1.82, 2.24) is 5.32 Å². The maximum absolute atomic E-state index is 11.8. The van der Waals surface area contributed by atoms with Crippen LogP contribution in [0.3, 0.4) is 0 Å². The Balaban J connectivity index is 1.75. The predicted octanol–water partition coefficient (Wildman–Crippen LogP) is 2.27. The summed E-state index contributed by atoms with van der Waals surface area (Å²) in [6.45, 7) is 0.634. The third-order valence-corrected chi connectivity index (χ3v) is 3.93. The highest BCUT2D eigenvalue weighted by Crippen LogP contribution is 2.23. The van der Waals surface area contributed by atoms with E-state index in [1.54, 1.807) is 18.2 Å². The Morgan fingerprint density at radius 2 is 2.17 bits per heavy atom. The number of rotatable bonds is 6. The van der Waals surface area contributed by atoms with Gasteiger partial charge < -0.3 is 15.2 Å². The molecule has 1 aliphatic carbocycles. The Bertz CT molecular complexity index is 575. The summed E-state index contributed by atoms with van der Waals surface area (Å²) in [5.41, 5.74) is 0.887. The molecule has 1 amide bonds. The molecule has 0 radical (unpaired) electrons. The highest BCUT2D eigenvalue weighted by molar-refractivity contribution is 5.91. The molecule has 2 atom stereocenters. The number of aliphatic hydroxyl groups is 1. The lowest BCUT2D eigenvalue weighted by Gasteiger charge is -2.25. The Morgan fingerprint density at radius 1 is 1.39 bits per heavy atom. The SMILES string of the molecule is N#CCOc1ccc(C=CC(=O)NCC2CCCC(O)C2)cc1. The van der Waals surface area contributed by atoms with Gasteiger partial charge in [-0.2, -0.15) is 5.26 Å². The summed E-state index contributed by atoms with van der Waals surface area (Å²) >= 11 is 0. The van der Waals surface area contributed by atoms with Crippen LogP contribution in [0.4, 0.5) is 0 Å². The van der Waals surface area contributed by atoms with E-state index in [-0.39, 0.29) is 18.6 Å². The number of nitrogens with zero attached hydrogens (tertiary/aromatic N) is 1. The zero-order valence-corrected chi connectivity index (χ0v) is 13.1. The van der Waals surface area contributed by atoms with Crippen molar-refractivity contribution in [2.24, 2.45) is 5.92 Å². The fourth-order valence-electron chi connectivity index (χ4n) is 2.71. The Morgan fingerprint density at radius 3 is 2.87 bits per heavy atom. The molecular weight excluding hydrogens is 292 g/mol. The molecule has 122 valence electrons. The number of hydrogen-bond acceptors (Lipinski definition) is 4. The van der Waals surface area contributed by atoms with Gasteiger partial charge in [0.2, 0.25) is 5.91 Å². The van der Waals surface area contributed by atoms with Crippen molar-refractivity contribution in [3.05, 3.63) is 35.9 Å². The van der Waals surface area contributed by atoms with Crippen molar-refractivity contribution in [3.63, 3.8) is 0 Å². The normalized spacial score (nSPS) is 20.9. The molecule has 5 heteroatoms. The van der Waals surface area contributed by atoms with Gasteiger partial charge in [0, 0.05) is 12.6 Å². The van der Waals surface area contributed by atoms with Crippen LogP contribution in [0.15, 0.2) is 30.3 Å². The van der Waals surface area contributed by atoms with E-state index in [4.69, 9.17) is 10.00 Å². The second kappa shape index (κ2) is 8.96. The fraction of sp³-hybridized carbons (Fsp3) is 0.444. The van der Waals surface area contributed by atoms with Crippen molar-refractivity contribution < 1.29 is 14.6 Å². The average Bonchev–Trinajstić information content (AvgIpc) is 2.57. The first-order valence-electron chi connectivity index (χ1n) is 7.91. The zero-order valence-electron chi connectivity index (χ0n) is 13.1. The van der Waals surface area contributed by atoms with Crippen LogP contribution in [0.1, 0.15) is 31.2 Å². The van der Waals surface area contributed by atoms with Crippen LogP contribution in [0, 0.1) is 17.2 Å². The Kier molecular flexibility index (Phi) is 6.64. The minimum absolute atomic E-state index is 0.0213. The zero-order chi connectivity index (χ0) is 16.5. The van der Waals surface area contributed by atoms with Gasteiger partial charge in [0.15, 0.2) is 6.61 Å². The molecule has 1 aliphatic rings. The van der Waals surface area contributed by atoms with Gasteiger partial charge in [0.25, 0.3) is 0 Å². The second-order valence-electron chi connectivity index (χ2n) is 5.78. The van der Waals surface area contributed by atoms with E-state index >= 15 is 0 Å². The highest BCUT2D eigenvalue weighted by atomic mass is 16.5. The summed E-state index contributed by atoms with van der Waals surface area (Å²) in [6, 6.07) is 9.09. The first-order chi connectivity index (χ1) is 11.2. The third kappa shape index (κ3) is 6.13. The molecule has 0 aliphatic heterocycles. The molecule has 1 saturated carbocycles. The lowest BCUT2D eigenvalue weighted by Crippen LogP contribution is -2.32. The first kappa shape index (κ1) is 17.0. The molecule has 0 spiro atoms. The molecule has 0 aromatic heterocycles. The minimum Gasteiger partial charge on any atom is -0.479 e. The number of hydrogen-bond donors (Lipinski definition) is 2. The Hall–Kier alpha value is -2.32. The molecule has 1 fully saturated rings. The summed E-state index contributed by atoms with van der Waals surface area (Å²) in [5, 5.41) is 20.9. The molecular formula is C18H22N2O3. The van der Waals surface area contributed by atoms with Crippen LogP contribution in [-0.4, -0.2) is 30.3 Å². The maximum Gasteiger partial charge on any atom is 0.244 e. The van der Waals surface area contributed by atoms with Crippen LogP contribution < -0.4 is 10.1 Å². The van der Waals surface area contributed by atoms with Crippen molar-refractivity contribution >= 4 is 12.0 Å². The van der Waals surface area contributed by atoms with E-state index in [1.807, 2.05) is 18.2 Å². The van der Waals surface area contributed by atoms with Crippen LogP contribution in [0.25, 0.3) is 6.08 Å². The molecule has 0 saturated heterocycles. The quantitative estimate of drug-likeness (QED) is 0.789. The summed E-state index contributed by atoms with van der Waals surface area (Å²) in [7, 11) is 0. The molecule has 2 unspecified atom stereocenters. The van der Waals surface area contributed by atoms with Gasteiger partial charge in [-0.25, -0.2) is 0 Å². The van der Waals surface area contributed by atoms with Crippen LogP contribution >= 0.6 is 0 Å². The number of nitriles is 1. The van der Waals surface area contributed by atoms with Gasteiger partial charge in [-0.1, -0.05) is 18.6 Å². The van der Waals surface area contributed by atoms with E-state index in [0.717, 1.165) is 31.2 Å². The summed E-state index contributed by atoms with van der Waals surface area (Å²) in [5.74, 6) is 0.867. The average molecular weight is 314 g/mol. The van der Waals surface area contributed by atoms with Gasteiger partial charge >= 0.3 is 0 Å². The number of aliphatic hydroxyl groups excluding tert-OH is 1. The number of carbonyl (C=O) groups excluding carboxylic acids is 1. The Labute approximate surface area is 136 Å². The summed E-state index contributed by atoms with van der Waals surface area (Å²) in [4.78, 5) is 11.8. The van der Waals surface area contributed by atoms with Gasteiger partial charge in [-0.05, 0) is 49.0 Å². The number of benzene rings is 1. The lowest BCUT2D eigenvalue weighted by molar-refractivity contribution is -0.116. The topological polar surface area (TPSA) is 82.3 Å². The van der Waals surface area contributed by atoms with Gasteiger partial charge in [0.1, 0.15) is 11.8 Å². The van der Waals surface area contributed by atoms with E-state index in [0.29, 0.717) is 18.2 Å². The van der Waals surface area contributed by atoms with Crippen molar-refractivity contribution in [2.75, 3.05) is 13.2 Å². The first-order valence-corrected chi connectivity index (χ1v) is 7.91. The second-order valence-corrected chi connectivity index (χ2v) is 5.78. The van der Waals surface area contributed by atoms with Gasteiger partial charge in [-0.15, -0.1) is 0 Å². The van der Waals surface area contributed by atoms with Crippen LogP contribution in [0.2, 0.25) is 0 Å². The van der Waals surface area contributed by atoms with E-state index in [2.05, 4.69) is 5.32 Å². The van der Waals surface area contributed by atoms with E-state index in [9.17, 15) is 9.90 Å². The molecule has 0 bridgehead atoms. The predicted molar refractivity (Wildman–Crippen MR) is 87.6 cm³/mol. The molecule has 1 aromatic rings. The number of carbonyl (C=O) groups is 1. The molecule has 1 aromatic carbocycles. The third-order valence-electron chi connectivity index (χ3n) is 3.93. The summed E-state index contributed by atoms with van der Waals surface area (Å²) < 4.78 is 5.17. The molecule has 2 N–H and O–H groups in total. The standard InChI is InChI=1S/C18H22N2O3/c19-10-11-23-17-7-4-14(5-8-17)6-9-18(22)20-13-15-2-1-3-16(21)12-15/h4-9,15-16,21H,1-3,11-13H2,(H,20,22). The minimum atomic E-state index is -0.219. The van der Waals surface area contributed by atoms with Crippen LogP contribution in [0.5, 0.6) is 5.75 Å². The summed E-state index contributed by atoms with van der Waals surface area (Å²) in [6.07, 6.45) is 6.75. The monoisotopic (exact) mass is 314 g/mol. The molecule has 2 rings (SSSR count). The van der Waals surface area contributed by atoms with Gasteiger partial charge in [0.05, 0.1) is 6.10 Å².